The number of amides is 1. The maximum atomic E-state index is 13.1. The van der Waals surface area contributed by atoms with E-state index in [0.29, 0.717) is 31.0 Å². The van der Waals surface area contributed by atoms with Gasteiger partial charge in [-0.25, -0.2) is 0 Å². The largest absolute Gasteiger partial charge is 0.494 e. The van der Waals surface area contributed by atoms with Gasteiger partial charge >= 0.3 is 7.12 Å². The van der Waals surface area contributed by atoms with Crippen molar-refractivity contribution in [3.05, 3.63) is 88.9 Å². The molecule has 0 unspecified atom stereocenters. The highest BCUT2D eigenvalue weighted by Crippen LogP contribution is 2.38. The van der Waals surface area contributed by atoms with Crippen LogP contribution in [-0.2, 0) is 20.6 Å². The number of ether oxygens (including phenoxy) is 1. The van der Waals surface area contributed by atoms with Crippen molar-refractivity contribution in [3.8, 4) is 22.1 Å². The average Bonchev–Trinajstić information content (AvgIpc) is 3.60. The Balaban J connectivity index is 1.28. The SMILES string of the molecule is Cc1nnc(-c2ccc(Oc3cc(B4OC(C)(C)C(C)(C)O4)ccc3CN3C[C@H](c4ccccc4)CC3=O)cc2)s1. The first-order chi connectivity index (χ1) is 19.6. The highest BCUT2D eigenvalue weighted by molar-refractivity contribution is 7.14. The molecule has 0 aliphatic carbocycles. The number of benzene rings is 3. The molecule has 0 radical (unpaired) electrons. The van der Waals surface area contributed by atoms with Gasteiger partial charge in [0.25, 0.3) is 0 Å². The van der Waals surface area contributed by atoms with Gasteiger partial charge in [0.2, 0.25) is 5.91 Å². The Kier molecular flexibility index (Phi) is 7.22. The number of aryl methyl sites for hydroxylation is 1. The fraction of sp³-hybridized carbons (Fsp3) is 0.344. The summed E-state index contributed by atoms with van der Waals surface area (Å²) in [7, 11) is -0.518. The van der Waals surface area contributed by atoms with Crippen LogP contribution in [0.3, 0.4) is 0 Å². The summed E-state index contributed by atoms with van der Waals surface area (Å²) in [5.41, 5.74) is 3.08. The second kappa shape index (κ2) is 10.7. The molecular weight excluding hydrogens is 533 g/mol. The molecule has 2 fully saturated rings. The van der Waals surface area contributed by atoms with E-state index in [0.717, 1.165) is 26.6 Å². The highest BCUT2D eigenvalue weighted by atomic mass is 32.1. The van der Waals surface area contributed by atoms with E-state index >= 15 is 0 Å². The molecule has 0 N–H and O–H groups in total. The van der Waals surface area contributed by atoms with Gasteiger partial charge < -0.3 is 18.9 Å². The Morgan fingerprint density at radius 2 is 1.68 bits per heavy atom. The minimum Gasteiger partial charge on any atom is -0.457 e. The summed E-state index contributed by atoms with van der Waals surface area (Å²) in [5, 5.41) is 10.2. The minimum atomic E-state index is -0.518. The summed E-state index contributed by atoms with van der Waals surface area (Å²) in [5.74, 6) is 1.70. The van der Waals surface area contributed by atoms with E-state index in [1.807, 2.05) is 100 Å². The number of nitrogens with zero attached hydrogens (tertiary/aromatic N) is 3. The topological polar surface area (TPSA) is 73.8 Å². The van der Waals surface area contributed by atoms with E-state index in [2.05, 4.69) is 22.3 Å². The number of hydrogen-bond acceptors (Lipinski definition) is 7. The lowest BCUT2D eigenvalue weighted by atomic mass is 9.78. The number of rotatable bonds is 7. The van der Waals surface area contributed by atoms with Crippen LogP contribution in [0.4, 0.5) is 0 Å². The zero-order valence-corrected chi connectivity index (χ0v) is 24.9. The van der Waals surface area contributed by atoms with Crippen molar-refractivity contribution < 1.29 is 18.8 Å². The van der Waals surface area contributed by atoms with Crippen LogP contribution in [0, 0.1) is 6.92 Å². The normalized spacial score (nSPS) is 19.6. The first-order valence-electron chi connectivity index (χ1n) is 14.0. The van der Waals surface area contributed by atoms with Crippen molar-refractivity contribution in [2.75, 3.05) is 6.54 Å². The number of carbonyl (C=O) groups excluding carboxylic acids is 1. The molecule has 2 saturated heterocycles. The molecule has 210 valence electrons. The van der Waals surface area contributed by atoms with E-state index in [1.54, 1.807) is 11.3 Å². The predicted octanol–water partition coefficient (Wildman–Crippen LogP) is 6.12. The number of hydrogen-bond donors (Lipinski definition) is 0. The Bertz CT molecular complexity index is 1540. The zero-order valence-electron chi connectivity index (χ0n) is 24.1. The summed E-state index contributed by atoms with van der Waals surface area (Å²) < 4.78 is 19.1. The van der Waals surface area contributed by atoms with E-state index in [4.69, 9.17) is 14.0 Å². The number of carbonyl (C=O) groups is 1. The molecule has 0 bridgehead atoms. The molecule has 3 aromatic carbocycles. The van der Waals surface area contributed by atoms with Gasteiger partial charge in [-0.05, 0) is 76.0 Å². The van der Waals surface area contributed by atoms with Crippen LogP contribution in [0.25, 0.3) is 10.6 Å². The van der Waals surface area contributed by atoms with E-state index < -0.39 is 18.3 Å². The van der Waals surface area contributed by atoms with Crippen molar-refractivity contribution >= 4 is 29.8 Å². The van der Waals surface area contributed by atoms with Crippen LogP contribution in [-0.4, -0.2) is 45.9 Å². The van der Waals surface area contributed by atoms with Crippen LogP contribution in [0.2, 0.25) is 0 Å². The fourth-order valence-electron chi connectivity index (χ4n) is 5.21. The number of aromatic nitrogens is 2. The second-order valence-electron chi connectivity index (χ2n) is 11.8. The molecule has 2 aliphatic heterocycles. The molecule has 0 spiro atoms. The first kappa shape index (κ1) is 27.6. The van der Waals surface area contributed by atoms with E-state index in [-0.39, 0.29) is 11.8 Å². The predicted molar refractivity (Wildman–Crippen MR) is 162 cm³/mol. The lowest BCUT2D eigenvalue weighted by Crippen LogP contribution is -2.41. The summed E-state index contributed by atoms with van der Waals surface area (Å²) in [6.07, 6.45) is 0.513. The lowest BCUT2D eigenvalue weighted by Gasteiger charge is -2.32. The Morgan fingerprint density at radius 1 is 0.976 bits per heavy atom. The molecule has 0 saturated carbocycles. The summed E-state index contributed by atoms with van der Waals surface area (Å²) in [4.78, 5) is 15.0. The molecule has 3 heterocycles. The van der Waals surface area contributed by atoms with Crippen molar-refractivity contribution in [2.24, 2.45) is 0 Å². The van der Waals surface area contributed by atoms with Gasteiger partial charge in [-0.2, -0.15) is 0 Å². The highest BCUT2D eigenvalue weighted by Gasteiger charge is 2.51. The van der Waals surface area contributed by atoms with Crippen LogP contribution < -0.4 is 10.2 Å². The standard InChI is InChI=1S/C32H34BN3O4S/c1-21-34-35-30(41-21)23-12-15-27(16-13-23)38-28-18-26(33-39-31(2,3)32(4,5)40-33)14-11-24(28)19-36-20-25(17-29(36)37)22-9-7-6-8-10-22/h6-16,18,25H,17,19-20H2,1-5H3/t25-/m1/s1. The van der Waals surface area contributed by atoms with Gasteiger partial charge in [-0.3, -0.25) is 4.79 Å². The molecule has 2 aliphatic rings. The van der Waals surface area contributed by atoms with Gasteiger partial charge in [0.05, 0.1) is 11.2 Å². The summed E-state index contributed by atoms with van der Waals surface area (Å²) in [6, 6.07) is 24.1. The van der Waals surface area contributed by atoms with Crippen LogP contribution in [0.1, 0.15) is 56.2 Å². The van der Waals surface area contributed by atoms with Crippen LogP contribution in [0.15, 0.2) is 72.8 Å². The smallest absolute Gasteiger partial charge is 0.457 e. The minimum absolute atomic E-state index is 0.150. The molecule has 1 amide bonds. The number of likely N-dealkylation sites (tertiary alicyclic amines) is 1. The molecule has 1 aromatic heterocycles. The maximum absolute atomic E-state index is 13.1. The van der Waals surface area contributed by atoms with E-state index in [1.165, 1.54) is 5.56 Å². The lowest BCUT2D eigenvalue weighted by molar-refractivity contribution is -0.128. The summed E-state index contributed by atoms with van der Waals surface area (Å²) >= 11 is 1.56. The van der Waals surface area contributed by atoms with Gasteiger partial charge in [-0.15, -0.1) is 10.2 Å². The quantitative estimate of drug-likeness (QED) is 0.251. The van der Waals surface area contributed by atoms with Crippen LogP contribution in [0.5, 0.6) is 11.5 Å². The van der Waals surface area contributed by atoms with Crippen molar-refractivity contribution in [2.45, 2.75) is 64.7 Å². The van der Waals surface area contributed by atoms with Gasteiger partial charge in [0.1, 0.15) is 21.5 Å². The third-order valence-corrected chi connectivity index (χ3v) is 9.21. The van der Waals surface area contributed by atoms with Gasteiger partial charge in [-0.1, -0.05) is 53.8 Å². The monoisotopic (exact) mass is 567 g/mol. The third-order valence-electron chi connectivity index (χ3n) is 8.32. The zero-order chi connectivity index (χ0) is 28.8. The van der Waals surface area contributed by atoms with Gasteiger partial charge in [0, 0.05) is 36.6 Å². The van der Waals surface area contributed by atoms with Crippen molar-refractivity contribution in [1.82, 2.24) is 15.1 Å². The Morgan fingerprint density at radius 3 is 2.34 bits per heavy atom. The molecular formula is C32H34BN3O4S. The maximum Gasteiger partial charge on any atom is 0.494 e. The summed E-state index contributed by atoms with van der Waals surface area (Å²) in [6.45, 7) is 11.3. The molecule has 4 aromatic rings. The van der Waals surface area contributed by atoms with Crippen molar-refractivity contribution in [3.63, 3.8) is 0 Å². The molecule has 9 heteroatoms. The first-order valence-corrected chi connectivity index (χ1v) is 14.8. The van der Waals surface area contributed by atoms with Crippen molar-refractivity contribution in [1.29, 1.82) is 0 Å². The molecule has 1 atom stereocenters. The Hall–Kier alpha value is -3.53. The Labute approximate surface area is 245 Å². The average molecular weight is 568 g/mol. The molecule has 6 rings (SSSR count). The van der Waals surface area contributed by atoms with Gasteiger partial charge in [0.15, 0.2) is 0 Å². The third kappa shape index (κ3) is 5.67. The van der Waals surface area contributed by atoms with Crippen LogP contribution >= 0.6 is 11.3 Å². The fourth-order valence-corrected chi connectivity index (χ4v) is 5.90. The molecule has 7 nitrogen and oxygen atoms in total. The second-order valence-corrected chi connectivity index (χ2v) is 13.0. The van der Waals surface area contributed by atoms with E-state index in [9.17, 15) is 4.79 Å². The molecule has 41 heavy (non-hydrogen) atoms.